The van der Waals surface area contributed by atoms with Crippen LogP contribution in [-0.2, 0) is 89.6 Å². The number of thiol groups is 1. The molecule has 2 saturated heterocycles. The minimum atomic E-state index is -1.77. The van der Waals surface area contributed by atoms with E-state index in [-0.39, 0.29) is 69.9 Å². The summed E-state index contributed by atoms with van der Waals surface area (Å²) in [6, 6.07) is 4.13. The van der Waals surface area contributed by atoms with Gasteiger partial charge in [0.05, 0.1) is 50.2 Å². The number of nitrogens with zero attached hydrogens (tertiary/aromatic N) is 4. The smallest absolute Gasteiger partial charge is 0.409 e. The zero-order valence-electron chi connectivity index (χ0n) is 64.5. The summed E-state index contributed by atoms with van der Waals surface area (Å²) in [5.74, 6) is -16.6. The lowest BCUT2D eigenvalue weighted by Gasteiger charge is -2.32. The van der Waals surface area contributed by atoms with Crippen molar-refractivity contribution in [3.63, 3.8) is 0 Å². The number of unbranched alkanes of at least 4 members (excludes halogenated alkanes) is 2. The number of aromatic amines is 1. The first kappa shape index (κ1) is 91.1. The number of nitrogens with one attached hydrogen (secondary N) is 9. The average Bonchev–Trinajstić information content (AvgIpc) is 1.68. The molecule has 4 heterocycles. The number of nitrogens with two attached hydrogens (primary N) is 1. The quantitative estimate of drug-likeness (QED) is 0.0236. The van der Waals surface area contributed by atoms with E-state index in [2.05, 4.69) is 60.1 Å². The number of benzene rings is 2. The maximum absolute atomic E-state index is 15.0. The lowest BCUT2D eigenvalue weighted by Crippen LogP contribution is -2.56. The van der Waals surface area contributed by atoms with Crippen molar-refractivity contribution in [1.82, 2.24) is 61.8 Å². The first-order valence-corrected chi connectivity index (χ1v) is 38.3. The SMILES string of the molecule is CC[C@H](C)[C@H]1NC(=O)CCC(=O)[C@@H](Cc2c[nH]c3ccccc23)CC(=O)[C@@H]([C@@H](C)[C@@H](O)CO)NC(=O)C2C[C@H](OC(=O)N(C)CCN(C)C(=O)OCc3ccc(NC(=O)[C@H](CCCNC(N)=O)NC(=O)[C@@H](NC(=O)CCCCCN4C(=O)C=CC4=O)C(C)C)cc3)CN2C(=O)[C@H](CC(=O)O)CC(=O)[C@H](CS)NC(=O)CNC1=O. The van der Waals surface area contributed by atoms with E-state index < -0.39 is 237 Å². The summed E-state index contributed by atoms with van der Waals surface area (Å²) in [4.78, 5) is 237. The Morgan fingerprint density at radius 2 is 1.42 bits per heavy atom. The number of Topliss-reactive ketones (excluding diaryl/α,β-unsaturated/α-hetero) is 3. The lowest BCUT2D eigenvalue weighted by atomic mass is 9.83. The summed E-state index contributed by atoms with van der Waals surface area (Å²) in [6.07, 6.45) is -2.80. The fraction of sp³-hybridized carbons (Fsp3) is 0.566. The second-order valence-corrected chi connectivity index (χ2v) is 29.4. The van der Waals surface area contributed by atoms with Crippen LogP contribution in [0.3, 0.4) is 0 Å². The van der Waals surface area contributed by atoms with E-state index in [4.69, 9.17) is 15.2 Å². The third-order valence-corrected chi connectivity index (χ3v) is 20.5. The van der Waals surface area contributed by atoms with Crippen LogP contribution in [0.4, 0.5) is 20.1 Å². The van der Waals surface area contributed by atoms with Crippen molar-refractivity contribution in [2.24, 2.45) is 35.3 Å². The lowest BCUT2D eigenvalue weighted by molar-refractivity contribution is -0.148. The number of ether oxygens (including phenoxy) is 2. The predicted octanol–water partition coefficient (Wildman–Crippen LogP) is 1.04. The number of fused-ring (bicyclic) bond motifs is 2. The largest absolute Gasteiger partial charge is 0.481 e. The van der Waals surface area contributed by atoms with Crippen molar-refractivity contribution >= 4 is 130 Å². The highest BCUT2D eigenvalue weighted by Gasteiger charge is 2.47. The summed E-state index contributed by atoms with van der Waals surface area (Å²) in [6.45, 7) is 5.60. The van der Waals surface area contributed by atoms with E-state index in [1.165, 1.54) is 45.3 Å². The molecule has 2 fully saturated rings. The summed E-state index contributed by atoms with van der Waals surface area (Å²) in [5, 5.41) is 53.0. The van der Waals surface area contributed by atoms with Gasteiger partial charge >= 0.3 is 24.2 Å². The van der Waals surface area contributed by atoms with Gasteiger partial charge in [0.1, 0.15) is 42.7 Å². The number of hydrogen-bond acceptors (Lipinski definition) is 22. The third kappa shape index (κ3) is 27.8. The fourth-order valence-corrected chi connectivity index (χ4v) is 13.4. The molecule has 618 valence electrons. The molecule has 0 bridgehead atoms. The van der Waals surface area contributed by atoms with Gasteiger partial charge in [-0.3, -0.25) is 72.0 Å². The Balaban J connectivity index is 1.14. The molecule has 3 aliphatic rings. The fourth-order valence-electron chi connectivity index (χ4n) is 13.1. The Morgan fingerprint density at radius 1 is 0.752 bits per heavy atom. The van der Waals surface area contributed by atoms with Crippen LogP contribution in [-0.4, -0.2) is 255 Å². The molecule has 6 rings (SSSR count). The maximum atomic E-state index is 15.0. The zero-order chi connectivity index (χ0) is 83.3. The molecule has 1 unspecified atom stereocenters. The number of ketones is 3. The van der Waals surface area contributed by atoms with Crippen molar-refractivity contribution in [3.05, 3.63) is 78.0 Å². The number of carboxylic acid groups (broad SMARTS) is 1. The maximum Gasteiger partial charge on any atom is 0.409 e. The average molecular weight is 1600 g/mol. The van der Waals surface area contributed by atoms with Crippen LogP contribution in [0.2, 0.25) is 0 Å². The number of urea groups is 1. The van der Waals surface area contributed by atoms with E-state index >= 15 is 4.79 Å². The Kier molecular flexibility index (Phi) is 35.8. The van der Waals surface area contributed by atoms with Gasteiger partial charge in [-0.15, -0.1) is 0 Å². The summed E-state index contributed by atoms with van der Waals surface area (Å²) >= 11 is 4.22. The number of aliphatic hydroxyl groups is 2. The van der Waals surface area contributed by atoms with Crippen LogP contribution in [0.5, 0.6) is 0 Å². The standard InChI is InChI=1S/C76H106N14O22S/c1-8-43(4)67-71(105)80-37-62(98)82-54(41-113)57(93)33-47(34-65(101)102)73(107)90-38-50(35-55(90)70(104)86-68(44(5)59(95)39-91)58(94)32-46(56(92)23-24-61(97)85-67)31-48-36-79-52-16-12-11-15-51(48)52)112-76(110)88(7)30-29-87(6)75(109)111-40-45-19-21-49(22-20-45)81-69(103)53(17-14-27-78-74(77)108)83-72(106)66(42(2)3)84-60(96)18-10-9-13-28-89-63(99)25-26-64(89)100/h11-12,15-16,19-22,25-26,36,42-44,46-47,50,53-55,59,66-68,79,91,95,113H,8-10,13-14,17-18,23-24,27-35,37-41H2,1-7H3,(H,80,105)(H,81,103)(H,82,98)(H,83,106)(H,84,96)(H,85,97)(H,86,104)(H,101,102)(H3,77,78,108)/t43-,44-,46-,47-,50-,53-,54-,55?,59-,66-,67+,68+/m0/s1. The van der Waals surface area contributed by atoms with E-state index in [1.807, 2.05) is 0 Å². The van der Waals surface area contributed by atoms with Gasteiger partial charge < -0.3 is 92.7 Å². The molecule has 113 heavy (non-hydrogen) atoms. The highest BCUT2D eigenvalue weighted by atomic mass is 32.1. The first-order valence-electron chi connectivity index (χ1n) is 37.7. The number of hydrogen-bond donors (Lipinski definition) is 14. The van der Waals surface area contributed by atoms with Crippen molar-refractivity contribution in [1.29, 1.82) is 0 Å². The van der Waals surface area contributed by atoms with Gasteiger partial charge in [-0.05, 0) is 73.3 Å². The Morgan fingerprint density at radius 3 is 2.07 bits per heavy atom. The van der Waals surface area contributed by atoms with Gasteiger partial charge in [0.15, 0.2) is 11.6 Å². The molecule has 3 aliphatic heterocycles. The van der Waals surface area contributed by atoms with Crippen molar-refractivity contribution in [2.45, 2.75) is 180 Å². The summed E-state index contributed by atoms with van der Waals surface area (Å²) < 4.78 is 11.4. The van der Waals surface area contributed by atoms with E-state index in [1.54, 1.807) is 70.3 Å². The molecule has 0 saturated carbocycles. The monoisotopic (exact) mass is 1600 g/mol. The molecule has 14 N–H and O–H groups in total. The highest BCUT2D eigenvalue weighted by molar-refractivity contribution is 7.80. The number of amides is 14. The number of rotatable bonds is 32. The molecule has 14 amide bonds. The topological polar surface area (TPSA) is 520 Å². The molecular weight excluding hydrogens is 1490 g/mol. The number of carboxylic acids is 1. The number of para-hydroxylation sites is 1. The minimum absolute atomic E-state index is 0.0360. The first-order chi connectivity index (χ1) is 53.6. The van der Waals surface area contributed by atoms with E-state index in [0.29, 0.717) is 47.7 Å². The van der Waals surface area contributed by atoms with Crippen LogP contribution < -0.4 is 48.3 Å². The molecule has 36 nitrogen and oxygen atoms in total. The van der Waals surface area contributed by atoms with Gasteiger partial charge in [-0.25, -0.2) is 14.4 Å². The van der Waals surface area contributed by atoms with Gasteiger partial charge in [-0.2, -0.15) is 12.6 Å². The van der Waals surface area contributed by atoms with Gasteiger partial charge in [0.2, 0.25) is 47.3 Å². The van der Waals surface area contributed by atoms with Crippen LogP contribution in [0.1, 0.15) is 129 Å². The van der Waals surface area contributed by atoms with Crippen LogP contribution >= 0.6 is 12.6 Å². The Labute approximate surface area is 659 Å². The number of H-pyrrole nitrogens is 1. The van der Waals surface area contributed by atoms with Gasteiger partial charge in [0.25, 0.3) is 11.8 Å². The van der Waals surface area contributed by atoms with Crippen molar-refractivity contribution < 1.29 is 106 Å². The molecule has 1 aromatic heterocycles. The number of anilines is 1. The normalized spacial score (nSPS) is 21.1. The molecule has 3 aromatic rings. The van der Waals surface area contributed by atoms with Crippen molar-refractivity contribution in [3.8, 4) is 0 Å². The highest BCUT2D eigenvalue weighted by Crippen LogP contribution is 2.30. The Hall–Kier alpha value is -10.8. The third-order valence-electron chi connectivity index (χ3n) is 20.1. The van der Waals surface area contributed by atoms with E-state index in [9.17, 15) is 92.0 Å². The summed E-state index contributed by atoms with van der Waals surface area (Å²) in [5.41, 5.74) is 7.28. The molecule has 37 heteroatoms. The number of imide groups is 1. The number of carbonyl (C=O) groups is 17. The number of aromatic nitrogens is 1. The molecule has 0 spiro atoms. The molecule has 2 aromatic carbocycles. The second kappa shape index (κ2) is 44.4. The summed E-state index contributed by atoms with van der Waals surface area (Å²) in [7, 11) is 2.69. The van der Waals surface area contributed by atoms with Crippen LogP contribution in [0.25, 0.3) is 10.9 Å². The van der Waals surface area contributed by atoms with Crippen LogP contribution in [0.15, 0.2) is 66.9 Å². The Bertz CT molecular complexity index is 3950. The zero-order valence-corrected chi connectivity index (χ0v) is 65.4. The number of aliphatic hydroxyl groups excluding tert-OH is 2. The molecule has 0 aliphatic carbocycles. The number of carbonyl (C=O) groups excluding carboxylic acids is 16. The van der Waals surface area contributed by atoms with Gasteiger partial charge in [-0.1, -0.05) is 77.8 Å². The van der Waals surface area contributed by atoms with E-state index in [0.717, 1.165) is 19.6 Å². The molecular formula is C76H106N14O22S. The predicted molar refractivity (Wildman–Crippen MR) is 410 cm³/mol. The van der Waals surface area contributed by atoms with Gasteiger partial charge in [0, 0.05) is 131 Å². The van der Waals surface area contributed by atoms with Crippen molar-refractivity contribution in [2.75, 3.05) is 71.0 Å². The minimum Gasteiger partial charge on any atom is -0.481 e. The molecule has 0 radical (unpaired) electrons. The number of primary amides is 1. The molecule has 12 atom stereocenters. The number of aliphatic carboxylic acids is 1. The van der Waals surface area contributed by atoms with Crippen LogP contribution in [0, 0.1) is 29.6 Å². The number of likely N-dealkylation sites (N-methyl/N-ethyl adjacent to an activating group) is 2. The second-order valence-electron chi connectivity index (χ2n) is 29.0.